The first kappa shape index (κ1) is 28.1. The van der Waals surface area contributed by atoms with E-state index in [4.69, 9.17) is 5.73 Å². The summed E-state index contributed by atoms with van der Waals surface area (Å²) in [5.41, 5.74) is 5.82. The first-order chi connectivity index (χ1) is 13.8. The van der Waals surface area contributed by atoms with Gasteiger partial charge in [-0.2, -0.15) is 11.8 Å². The normalized spacial score (nSPS) is 16.3. The number of aliphatic hydroxyl groups is 1. The molecule has 0 radical (unpaired) electrons. The average Bonchev–Trinajstić information content (AvgIpc) is 2.65. The zero-order valence-electron chi connectivity index (χ0n) is 18.5. The van der Waals surface area contributed by atoms with Crippen molar-refractivity contribution in [2.75, 3.05) is 12.0 Å². The van der Waals surface area contributed by atoms with Crippen LogP contribution >= 0.6 is 11.8 Å². The summed E-state index contributed by atoms with van der Waals surface area (Å²) >= 11 is 1.43. The molecule has 10 nitrogen and oxygen atoms in total. The molecule has 174 valence electrons. The molecule has 7 N–H and O–H groups in total. The molecule has 0 aromatic rings. The Balaban J connectivity index is 5.32. The van der Waals surface area contributed by atoms with Gasteiger partial charge in [0.05, 0.1) is 12.1 Å². The summed E-state index contributed by atoms with van der Waals surface area (Å²) < 4.78 is 0. The van der Waals surface area contributed by atoms with Crippen LogP contribution in [0.4, 0.5) is 0 Å². The predicted molar refractivity (Wildman–Crippen MR) is 116 cm³/mol. The highest BCUT2D eigenvalue weighted by Gasteiger charge is 2.33. The van der Waals surface area contributed by atoms with Crippen LogP contribution < -0.4 is 21.7 Å². The third kappa shape index (κ3) is 9.31. The van der Waals surface area contributed by atoms with Gasteiger partial charge in [-0.3, -0.25) is 14.4 Å². The summed E-state index contributed by atoms with van der Waals surface area (Å²) in [4.78, 5) is 48.9. The van der Waals surface area contributed by atoms with Crippen molar-refractivity contribution in [3.63, 3.8) is 0 Å². The summed E-state index contributed by atoms with van der Waals surface area (Å²) in [6.07, 6.45) is 0.719. The molecule has 0 saturated carbocycles. The van der Waals surface area contributed by atoms with Crippen LogP contribution in [-0.4, -0.2) is 76.2 Å². The number of hydrogen-bond donors (Lipinski definition) is 6. The van der Waals surface area contributed by atoms with E-state index in [1.165, 1.54) is 18.7 Å². The number of carboxylic acids is 1. The number of thioether (sulfide) groups is 1. The Bertz CT molecular complexity index is 600. The molecule has 30 heavy (non-hydrogen) atoms. The van der Waals surface area contributed by atoms with Gasteiger partial charge in [-0.15, -0.1) is 0 Å². The molecule has 0 aromatic carbocycles. The van der Waals surface area contributed by atoms with Gasteiger partial charge in [0.15, 0.2) is 0 Å². The smallest absolute Gasteiger partial charge is 0.326 e. The number of hydrogen-bond acceptors (Lipinski definition) is 7. The molecule has 3 amide bonds. The Kier molecular flexibility index (Phi) is 12.6. The second-order valence-electron chi connectivity index (χ2n) is 7.91. The lowest BCUT2D eigenvalue weighted by molar-refractivity contribution is -0.143. The van der Waals surface area contributed by atoms with Crippen LogP contribution in [0.1, 0.15) is 41.0 Å². The van der Waals surface area contributed by atoms with E-state index < -0.39 is 54.0 Å². The van der Waals surface area contributed by atoms with E-state index in [9.17, 15) is 29.4 Å². The minimum Gasteiger partial charge on any atom is -0.480 e. The minimum absolute atomic E-state index is 0.133. The topological polar surface area (TPSA) is 171 Å². The van der Waals surface area contributed by atoms with Crippen LogP contribution in [0.5, 0.6) is 0 Å². The predicted octanol–water partition coefficient (Wildman–Crippen LogP) is -0.701. The molecule has 0 spiro atoms. The van der Waals surface area contributed by atoms with Gasteiger partial charge in [0.1, 0.15) is 18.1 Å². The minimum atomic E-state index is -1.38. The molecular formula is C19H36N4O6S. The number of carbonyl (C=O) groups is 4. The first-order valence-corrected chi connectivity index (χ1v) is 11.3. The van der Waals surface area contributed by atoms with Crippen LogP contribution in [0.3, 0.4) is 0 Å². The largest absolute Gasteiger partial charge is 0.480 e. The Morgan fingerprint density at radius 1 is 0.867 bits per heavy atom. The van der Waals surface area contributed by atoms with Crippen molar-refractivity contribution in [3.05, 3.63) is 0 Å². The number of amides is 3. The van der Waals surface area contributed by atoms with E-state index in [0.29, 0.717) is 5.75 Å². The molecule has 0 heterocycles. The van der Waals surface area contributed by atoms with E-state index in [1.54, 1.807) is 27.7 Å². The second-order valence-corrected chi connectivity index (χ2v) is 8.89. The molecule has 0 aliphatic rings. The number of carboxylic acid groups (broad SMARTS) is 1. The maximum atomic E-state index is 12.7. The van der Waals surface area contributed by atoms with Gasteiger partial charge in [-0.1, -0.05) is 27.7 Å². The Labute approximate surface area is 182 Å². The van der Waals surface area contributed by atoms with Crippen molar-refractivity contribution in [1.82, 2.24) is 16.0 Å². The summed E-state index contributed by atoms with van der Waals surface area (Å²) in [7, 11) is 0. The fourth-order valence-corrected chi connectivity index (χ4v) is 2.96. The Morgan fingerprint density at radius 2 is 1.37 bits per heavy atom. The van der Waals surface area contributed by atoms with Crippen molar-refractivity contribution in [3.8, 4) is 0 Å². The first-order valence-electron chi connectivity index (χ1n) is 9.89. The number of nitrogens with two attached hydrogens (primary N) is 1. The molecule has 5 unspecified atom stereocenters. The fourth-order valence-electron chi connectivity index (χ4n) is 2.49. The fraction of sp³-hybridized carbons (Fsp3) is 0.789. The van der Waals surface area contributed by atoms with Gasteiger partial charge in [0.25, 0.3) is 0 Å². The highest BCUT2D eigenvalue weighted by Crippen LogP contribution is 2.07. The maximum Gasteiger partial charge on any atom is 0.326 e. The lowest BCUT2D eigenvalue weighted by Gasteiger charge is -2.28. The summed E-state index contributed by atoms with van der Waals surface area (Å²) in [6.45, 7) is 8.29. The highest BCUT2D eigenvalue weighted by atomic mass is 32.2. The van der Waals surface area contributed by atoms with Gasteiger partial charge in [0.2, 0.25) is 17.7 Å². The van der Waals surface area contributed by atoms with E-state index in [-0.39, 0.29) is 18.3 Å². The van der Waals surface area contributed by atoms with Crippen LogP contribution in [-0.2, 0) is 19.2 Å². The van der Waals surface area contributed by atoms with Crippen molar-refractivity contribution >= 4 is 35.5 Å². The molecule has 0 aromatic heterocycles. The van der Waals surface area contributed by atoms with E-state index in [2.05, 4.69) is 16.0 Å². The van der Waals surface area contributed by atoms with Crippen molar-refractivity contribution < 1.29 is 29.4 Å². The Hall–Kier alpha value is -1.85. The lowest BCUT2D eigenvalue weighted by atomic mass is 9.99. The maximum absolute atomic E-state index is 12.7. The van der Waals surface area contributed by atoms with Crippen molar-refractivity contribution in [1.29, 1.82) is 0 Å². The number of aliphatic carboxylic acids is 1. The number of aliphatic hydroxyl groups excluding tert-OH is 1. The summed E-state index contributed by atoms with van der Waals surface area (Å²) in [5, 5.41) is 26.6. The third-order valence-electron chi connectivity index (χ3n) is 4.56. The SMILES string of the molecule is CSCCC(NC(=O)C(NC(=O)C(NC(=O)C(N)C(C)C)C(C)C)C(C)O)C(=O)O. The summed E-state index contributed by atoms with van der Waals surface area (Å²) in [6, 6.07) is -4.32. The number of carbonyl (C=O) groups excluding carboxylic acids is 3. The van der Waals surface area contributed by atoms with Crippen molar-refractivity contribution in [2.45, 2.75) is 71.3 Å². The zero-order valence-corrected chi connectivity index (χ0v) is 19.3. The molecule has 5 atom stereocenters. The standard InChI is InChI=1S/C19H36N4O6S/c1-9(2)13(20)16(25)22-14(10(3)4)17(26)23-15(11(5)24)18(27)21-12(19(28)29)7-8-30-6/h9-15,24H,7-8,20H2,1-6H3,(H,21,27)(H,22,25)(H,23,26)(H,28,29). The number of rotatable bonds is 13. The number of nitrogens with one attached hydrogen (secondary N) is 3. The van der Waals surface area contributed by atoms with E-state index in [0.717, 1.165) is 0 Å². The highest BCUT2D eigenvalue weighted by molar-refractivity contribution is 7.98. The molecule has 0 aliphatic carbocycles. The molecule has 0 fully saturated rings. The van der Waals surface area contributed by atoms with Crippen LogP contribution in [0, 0.1) is 11.8 Å². The zero-order chi connectivity index (χ0) is 23.6. The summed E-state index contributed by atoms with van der Waals surface area (Å²) in [5.74, 6) is -3.14. The van der Waals surface area contributed by atoms with E-state index >= 15 is 0 Å². The molecule has 11 heteroatoms. The van der Waals surface area contributed by atoms with Gasteiger partial charge >= 0.3 is 5.97 Å². The monoisotopic (exact) mass is 448 g/mol. The van der Waals surface area contributed by atoms with E-state index in [1.807, 2.05) is 6.26 Å². The molecular weight excluding hydrogens is 412 g/mol. The van der Waals surface area contributed by atoms with Crippen LogP contribution in [0.2, 0.25) is 0 Å². The quantitative estimate of drug-likeness (QED) is 0.215. The third-order valence-corrected chi connectivity index (χ3v) is 5.20. The molecule has 0 bridgehead atoms. The average molecular weight is 449 g/mol. The van der Waals surface area contributed by atoms with Gasteiger partial charge in [-0.25, -0.2) is 4.79 Å². The van der Waals surface area contributed by atoms with Gasteiger partial charge in [-0.05, 0) is 37.2 Å². The second kappa shape index (κ2) is 13.5. The van der Waals surface area contributed by atoms with Gasteiger partial charge in [0, 0.05) is 0 Å². The molecule has 0 rings (SSSR count). The Morgan fingerprint density at radius 3 is 1.77 bits per heavy atom. The molecule has 0 saturated heterocycles. The lowest BCUT2D eigenvalue weighted by Crippen LogP contribution is -2.61. The van der Waals surface area contributed by atoms with Gasteiger partial charge < -0.3 is 31.9 Å². The van der Waals surface area contributed by atoms with Crippen LogP contribution in [0.15, 0.2) is 0 Å². The molecule has 0 aliphatic heterocycles. The van der Waals surface area contributed by atoms with Crippen molar-refractivity contribution in [2.24, 2.45) is 17.6 Å². The van der Waals surface area contributed by atoms with Crippen LogP contribution in [0.25, 0.3) is 0 Å².